The molecule has 0 aromatic heterocycles. The van der Waals surface area contributed by atoms with Gasteiger partial charge in [-0.25, -0.2) is 0 Å². The molecule has 0 radical (unpaired) electrons. The van der Waals surface area contributed by atoms with Gasteiger partial charge in [0.25, 0.3) is 5.91 Å². The highest BCUT2D eigenvalue weighted by atomic mass is 16.5. The summed E-state index contributed by atoms with van der Waals surface area (Å²) in [6.07, 6.45) is 1.55. The third kappa shape index (κ3) is 4.42. The summed E-state index contributed by atoms with van der Waals surface area (Å²) in [5.41, 5.74) is 11.7. The van der Waals surface area contributed by atoms with Crippen molar-refractivity contribution in [2.24, 2.45) is 10.8 Å². The van der Waals surface area contributed by atoms with Gasteiger partial charge in [-0.1, -0.05) is 36.4 Å². The summed E-state index contributed by atoms with van der Waals surface area (Å²) in [7, 11) is 1.50. The Balaban J connectivity index is 1.67. The molecular weight excluding hydrogens is 432 g/mol. The Bertz CT molecular complexity index is 1370. The Kier molecular flexibility index (Phi) is 6.22. The maximum absolute atomic E-state index is 13.3. The average Bonchev–Trinajstić information content (AvgIpc) is 2.84. The number of benzene rings is 3. The maximum atomic E-state index is 13.3. The van der Waals surface area contributed by atoms with Crippen LogP contribution in [0, 0.1) is 6.92 Å². The molecule has 0 fully saturated rings. The minimum absolute atomic E-state index is 0.0500. The molecule has 8 nitrogen and oxygen atoms in total. The number of primary amides is 1. The van der Waals surface area contributed by atoms with Crippen molar-refractivity contribution in [2.75, 3.05) is 17.9 Å². The summed E-state index contributed by atoms with van der Waals surface area (Å²) in [6, 6.07) is 19.0. The van der Waals surface area contributed by atoms with E-state index in [2.05, 4.69) is 15.8 Å². The summed E-state index contributed by atoms with van der Waals surface area (Å²) in [4.78, 5) is 37.8. The lowest BCUT2D eigenvalue weighted by atomic mass is 9.89. The van der Waals surface area contributed by atoms with Crippen molar-refractivity contribution in [1.29, 1.82) is 0 Å². The van der Waals surface area contributed by atoms with Gasteiger partial charge in [0.1, 0.15) is 11.5 Å². The maximum Gasteiger partial charge on any atom is 0.259 e. The number of aryl methyl sites for hydroxylation is 1. The molecule has 2 amide bonds. The van der Waals surface area contributed by atoms with Gasteiger partial charge in [0.2, 0.25) is 11.7 Å². The van der Waals surface area contributed by atoms with Crippen LogP contribution in [-0.4, -0.2) is 30.4 Å². The first-order chi connectivity index (χ1) is 16.4. The van der Waals surface area contributed by atoms with Crippen LogP contribution in [0.25, 0.3) is 6.08 Å². The van der Waals surface area contributed by atoms with Gasteiger partial charge in [0, 0.05) is 11.1 Å². The van der Waals surface area contributed by atoms with Crippen LogP contribution in [0.5, 0.6) is 5.75 Å². The molecule has 0 aliphatic heterocycles. The number of fused-ring (bicyclic) bond motifs is 1. The van der Waals surface area contributed by atoms with Gasteiger partial charge in [0.05, 0.1) is 24.1 Å². The van der Waals surface area contributed by atoms with Crippen LogP contribution in [0.1, 0.15) is 27.0 Å². The molecule has 0 saturated heterocycles. The van der Waals surface area contributed by atoms with Crippen LogP contribution in [-0.2, 0) is 9.59 Å². The smallest absolute Gasteiger partial charge is 0.259 e. The summed E-state index contributed by atoms with van der Waals surface area (Å²) >= 11 is 0. The fraction of sp³-hybridized carbons (Fsp3) is 0.0769. The van der Waals surface area contributed by atoms with Gasteiger partial charge >= 0.3 is 0 Å². The SMILES string of the molecule is COc1ccccc1NC(=O)C1=Cc2ccccc2/C(=N/Nc2ccc(C(N)=O)cc2C)C1=O. The molecule has 1 aliphatic carbocycles. The number of Topliss-reactive ketones (excluding diaryl/α,β-unsaturated/α-hetero) is 1. The standard InChI is InChI=1S/C26H22N4O4/c1-15-13-17(25(27)32)11-12-20(15)29-30-23-18-8-4-3-7-16(18)14-19(24(23)31)26(33)28-21-9-5-6-10-22(21)34-2/h3-14,29H,1-2H3,(H2,27,32)(H,28,33)/b30-23-. The lowest BCUT2D eigenvalue weighted by Gasteiger charge is -2.18. The number of amides is 2. The fourth-order valence-electron chi connectivity index (χ4n) is 3.59. The normalized spacial score (nSPS) is 13.6. The van der Waals surface area contributed by atoms with Crippen LogP contribution < -0.4 is 21.2 Å². The lowest BCUT2D eigenvalue weighted by Crippen LogP contribution is -2.30. The Morgan fingerprint density at radius 1 is 0.971 bits per heavy atom. The van der Waals surface area contributed by atoms with E-state index in [0.29, 0.717) is 33.8 Å². The molecule has 0 atom stereocenters. The van der Waals surface area contributed by atoms with Gasteiger partial charge in [-0.2, -0.15) is 5.10 Å². The monoisotopic (exact) mass is 454 g/mol. The molecule has 170 valence electrons. The molecular formula is C26H22N4O4. The van der Waals surface area contributed by atoms with Crippen molar-refractivity contribution in [3.8, 4) is 5.75 Å². The first kappa shape index (κ1) is 22.5. The predicted octanol–water partition coefficient (Wildman–Crippen LogP) is 3.52. The number of nitrogens with one attached hydrogen (secondary N) is 2. The molecule has 0 saturated carbocycles. The van der Waals surface area contributed by atoms with Crippen LogP contribution in [0.15, 0.2) is 77.4 Å². The molecule has 3 aromatic carbocycles. The highest BCUT2D eigenvalue weighted by Gasteiger charge is 2.30. The van der Waals surface area contributed by atoms with E-state index in [9.17, 15) is 14.4 Å². The van der Waals surface area contributed by atoms with Crippen molar-refractivity contribution in [1.82, 2.24) is 0 Å². The Morgan fingerprint density at radius 3 is 2.44 bits per heavy atom. The number of methoxy groups -OCH3 is 1. The van der Waals surface area contributed by atoms with Crippen molar-refractivity contribution in [3.63, 3.8) is 0 Å². The van der Waals surface area contributed by atoms with E-state index in [1.165, 1.54) is 7.11 Å². The van der Waals surface area contributed by atoms with Gasteiger partial charge < -0.3 is 15.8 Å². The lowest BCUT2D eigenvalue weighted by molar-refractivity contribution is -0.116. The fourth-order valence-corrected chi connectivity index (χ4v) is 3.59. The molecule has 0 unspecified atom stereocenters. The number of anilines is 2. The highest BCUT2D eigenvalue weighted by molar-refractivity contribution is 6.59. The molecule has 3 aromatic rings. The van der Waals surface area contributed by atoms with Gasteiger partial charge in [-0.05, 0) is 54.5 Å². The summed E-state index contributed by atoms with van der Waals surface area (Å²) in [6.45, 7) is 1.79. The van der Waals surface area contributed by atoms with Crippen molar-refractivity contribution in [2.45, 2.75) is 6.92 Å². The van der Waals surface area contributed by atoms with Crippen LogP contribution >= 0.6 is 0 Å². The topological polar surface area (TPSA) is 123 Å². The van der Waals surface area contributed by atoms with E-state index in [0.717, 1.165) is 5.56 Å². The zero-order valence-corrected chi connectivity index (χ0v) is 18.6. The first-order valence-corrected chi connectivity index (χ1v) is 10.4. The van der Waals surface area contributed by atoms with Crippen molar-refractivity contribution in [3.05, 3.63) is 94.6 Å². The molecule has 4 rings (SSSR count). The Hall–Kier alpha value is -4.72. The number of rotatable bonds is 6. The Labute approximate surface area is 196 Å². The number of carbonyl (C=O) groups excluding carboxylic acids is 3. The van der Waals surface area contributed by atoms with Gasteiger partial charge in [-0.15, -0.1) is 0 Å². The van der Waals surface area contributed by atoms with Crippen LogP contribution in [0.4, 0.5) is 11.4 Å². The van der Waals surface area contributed by atoms with E-state index >= 15 is 0 Å². The van der Waals surface area contributed by atoms with Crippen LogP contribution in [0.3, 0.4) is 0 Å². The molecule has 0 bridgehead atoms. The molecule has 4 N–H and O–H groups in total. The van der Waals surface area contributed by atoms with Crippen LogP contribution in [0.2, 0.25) is 0 Å². The number of para-hydroxylation sites is 2. The predicted molar refractivity (Wildman–Crippen MR) is 131 cm³/mol. The molecule has 8 heteroatoms. The van der Waals surface area contributed by atoms with Crippen molar-refractivity contribution < 1.29 is 19.1 Å². The first-order valence-electron chi connectivity index (χ1n) is 10.4. The summed E-state index contributed by atoms with van der Waals surface area (Å²) < 4.78 is 5.28. The number of ether oxygens (including phenoxy) is 1. The third-order valence-electron chi connectivity index (χ3n) is 5.37. The minimum atomic E-state index is -0.571. The largest absolute Gasteiger partial charge is 0.495 e. The number of carbonyl (C=O) groups is 3. The second kappa shape index (κ2) is 9.41. The molecule has 0 spiro atoms. The second-order valence-electron chi connectivity index (χ2n) is 7.59. The minimum Gasteiger partial charge on any atom is -0.495 e. The number of hydrazone groups is 1. The Morgan fingerprint density at radius 2 is 1.71 bits per heavy atom. The quantitative estimate of drug-likeness (QED) is 0.388. The van der Waals surface area contributed by atoms with Gasteiger partial charge in [-0.3, -0.25) is 19.8 Å². The van der Waals surface area contributed by atoms with E-state index in [-0.39, 0.29) is 11.3 Å². The number of ketones is 1. The van der Waals surface area contributed by atoms with E-state index in [1.807, 2.05) is 6.07 Å². The summed E-state index contributed by atoms with van der Waals surface area (Å²) in [5.74, 6) is -1.15. The number of nitrogens with zero attached hydrogens (tertiary/aromatic N) is 1. The van der Waals surface area contributed by atoms with E-state index < -0.39 is 17.6 Å². The zero-order valence-electron chi connectivity index (χ0n) is 18.6. The average molecular weight is 454 g/mol. The number of hydrogen-bond acceptors (Lipinski definition) is 6. The highest BCUT2D eigenvalue weighted by Crippen LogP contribution is 2.27. The third-order valence-corrected chi connectivity index (χ3v) is 5.37. The van der Waals surface area contributed by atoms with Crippen molar-refractivity contribution >= 4 is 40.8 Å². The molecule has 1 aliphatic rings. The number of nitrogens with two attached hydrogens (primary N) is 1. The van der Waals surface area contributed by atoms with E-state index in [4.69, 9.17) is 10.5 Å². The molecule has 34 heavy (non-hydrogen) atoms. The summed E-state index contributed by atoms with van der Waals surface area (Å²) in [5, 5.41) is 7.08. The van der Waals surface area contributed by atoms with E-state index in [1.54, 1.807) is 73.7 Å². The molecule has 0 heterocycles. The number of hydrogen-bond donors (Lipinski definition) is 3. The second-order valence-corrected chi connectivity index (χ2v) is 7.59. The zero-order chi connectivity index (χ0) is 24.2. The van der Waals surface area contributed by atoms with Gasteiger partial charge in [0.15, 0.2) is 0 Å².